The monoisotopic (exact) mass is 397 g/mol. The minimum atomic E-state index is 0.130. The zero-order valence-electron chi connectivity index (χ0n) is 15.8. The first-order chi connectivity index (χ1) is 14.3. The fraction of sp³-hybridized carbons (Fsp3) is 0.167. The van der Waals surface area contributed by atoms with Crippen molar-refractivity contribution in [3.63, 3.8) is 0 Å². The Labute approximate surface area is 174 Å². The maximum absolute atomic E-state index is 9.61. The highest BCUT2D eigenvalue weighted by atomic mass is 32.1. The lowest BCUT2D eigenvalue weighted by Gasteiger charge is -2.28. The number of morpholine rings is 1. The number of hydrogen-bond donors (Lipinski definition) is 0. The third kappa shape index (κ3) is 3.93. The fourth-order valence-electron chi connectivity index (χ4n) is 3.48. The van der Waals surface area contributed by atoms with Crippen LogP contribution < -0.4 is 4.90 Å². The van der Waals surface area contributed by atoms with Gasteiger partial charge in [-0.15, -0.1) is 11.3 Å². The van der Waals surface area contributed by atoms with Crippen molar-refractivity contribution in [1.82, 2.24) is 0 Å². The van der Waals surface area contributed by atoms with Crippen LogP contribution in [-0.2, 0) is 4.74 Å². The first kappa shape index (κ1) is 19.0. The van der Waals surface area contributed by atoms with Gasteiger partial charge in [0.15, 0.2) is 0 Å². The van der Waals surface area contributed by atoms with E-state index in [-0.39, 0.29) is 5.57 Å². The van der Waals surface area contributed by atoms with E-state index in [1.165, 1.54) is 0 Å². The maximum Gasteiger partial charge on any atom is 0.138 e. The second kappa shape index (κ2) is 8.75. The number of hydrogen-bond acceptors (Lipinski definition) is 5. The number of thiophene rings is 1. The van der Waals surface area contributed by atoms with Gasteiger partial charge in [0.25, 0.3) is 0 Å². The molecule has 2 aromatic carbocycles. The van der Waals surface area contributed by atoms with Crippen LogP contribution in [0.2, 0.25) is 0 Å². The van der Waals surface area contributed by atoms with E-state index in [2.05, 4.69) is 35.2 Å². The molecule has 142 valence electrons. The van der Waals surface area contributed by atoms with Crippen molar-refractivity contribution in [3.05, 3.63) is 82.7 Å². The van der Waals surface area contributed by atoms with E-state index in [0.717, 1.165) is 39.7 Å². The number of nitrogens with zero attached hydrogens (tertiary/aromatic N) is 3. The van der Waals surface area contributed by atoms with E-state index in [9.17, 15) is 10.5 Å². The number of ether oxygens (including phenoxy) is 1. The Hall–Kier alpha value is -3.38. The van der Waals surface area contributed by atoms with Gasteiger partial charge in [-0.25, -0.2) is 0 Å². The van der Waals surface area contributed by atoms with Gasteiger partial charge in [-0.05, 0) is 17.2 Å². The van der Waals surface area contributed by atoms with E-state index in [1.807, 2.05) is 48.5 Å². The largest absolute Gasteiger partial charge is 0.378 e. The zero-order valence-corrected chi connectivity index (χ0v) is 16.7. The fourth-order valence-corrected chi connectivity index (χ4v) is 4.79. The predicted molar refractivity (Wildman–Crippen MR) is 116 cm³/mol. The summed E-state index contributed by atoms with van der Waals surface area (Å²) in [7, 11) is 0. The van der Waals surface area contributed by atoms with Gasteiger partial charge in [0, 0.05) is 29.1 Å². The lowest BCUT2D eigenvalue weighted by molar-refractivity contribution is 0.123. The molecule has 0 saturated carbocycles. The molecule has 0 spiro atoms. The Morgan fingerprint density at radius 3 is 2.14 bits per heavy atom. The summed E-state index contributed by atoms with van der Waals surface area (Å²) < 4.78 is 5.53. The van der Waals surface area contributed by atoms with Crippen LogP contribution in [0.3, 0.4) is 0 Å². The minimum absolute atomic E-state index is 0.130. The molecular formula is C24H19N3OS. The summed E-state index contributed by atoms with van der Waals surface area (Å²) in [4.78, 5) is 3.26. The molecule has 1 aliphatic rings. The van der Waals surface area contributed by atoms with Crippen LogP contribution in [0.5, 0.6) is 0 Å². The van der Waals surface area contributed by atoms with Crippen LogP contribution in [0.25, 0.3) is 16.7 Å². The molecule has 3 aromatic rings. The molecule has 0 N–H and O–H groups in total. The van der Waals surface area contributed by atoms with Crippen molar-refractivity contribution in [1.29, 1.82) is 10.5 Å². The molecule has 1 saturated heterocycles. The van der Waals surface area contributed by atoms with Crippen LogP contribution in [0.15, 0.2) is 72.3 Å². The first-order valence-corrected chi connectivity index (χ1v) is 10.3. The lowest BCUT2D eigenvalue weighted by Crippen LogP contribution is -2.35. The number of allylic oxidation sites excluding steroid dienone is 1. The quantitative estimate of drug-likeness (QED) is 0.575. The van der Waals surface area contributed by atoms with Gasteiger partial charge in [-0.3, -0.25) is 0 Å². The van der Waals surface area contributed by atoms with E-state index in [1.54, 1.807) is 11.3 Å². The second-order valence-electron chi connectivity index (χ2n) is 6.63. The molecule has 1 fully saturated rings. The van der Waals surface area contributed by atoms with E-state index in [0.29, 0.717) is 18.8 Å². The molecule has 0 aliphatic carbocycles. The number of benzene rings is 2. The highest BCUT2D eigenvalue weighted by Crippen LogP contribution is 2.44. The Kier molecular flexibility index (Phi) is 5.72. The molecule has 2 heterocycles. The summed E-state index contributed by atoms with van der Waals surface area (Å²) in [6.45, 7) is 3.05. The Morgan fingerprint density at radius 2 is 1.52 bits per heavy atom. The average molecular weight is 398 g/mol. The Balaban J connectivity index is 1.91. The zero-order chi connectivity index (χ0) is 20.1. The van der Waals surface area contributed by atoms with Gasteiger partial charge in [0.05, 0.1) is 18.2 Å². The van der Waals surface area contributed by atoms with Crippen LogP contribution in [0, 0.1) is 22.7 Å². The molecule has 4 rings (SSSR count). The van der Waals surface area contributed by atoms with Crippen molar-refractivity contribution < 1.29 is 4.74 Å². The molecule has 1 aromatic heterocycles. The summed E-state index contributed by atoms with van der Waals surface area (Å²) in [5.41, 5.74) is 3.94. The molecule has 0 radical (unpaired) electrons. The van der Waals surface area contributed by atoms with Crippen molar-refractivity contribution in [2.45, 2.75) is 0 Å². The molecule has 0 unspecified atom stereocenters. The molecule has 0 atom stereocenters. The summed E-state index contributed by atoms with van der Waals surface area (Å²) in [6, 6.07) is 26.2. The van der Waals surface area contributed by atoms with Gasteiger partial charge in [-0.1, -0.05) is 60.7 Å². The predicted octanol–water partition coefficient (Wildman–Crippen LogP) is 5.10. The smallest absolute Gasteiger partial charge is 0.138 e. The highest BCUT2D eigenvalue weighted by molar-refractivity contribution is 7.18. The molecule has 29 heavy (non-hydrogen) atoms. The standard InChI is InChI=1S/C24H19N3OS/c25-16-20(17-26)23(19-9-5-2-6-10-19)22-15-21(18-7-3-1-4-8-18)24(29-22)27-11-13-28-14-12-27/h1-10,15H,11-14H2. The summed E-state index contributed by atoms with van der Waals surface area (Å²) in [5, 5.41) is 20.4. The summed E-state index contributed by atoms with van der Waals surface area (Å²) in [5.74, 6) is 0. The second-order valence-corrected chi connectivity index (χ2v) is 7.67. The van der Waals surface area contributed by atoms with Gasteiger partial charge >= 0.3 is 0 Å². The van der Waals surface area contributed by atoms with Gasteiger partial charge < -0.3 is 9.64 Å². The average Bonchev–Trinajstić information content (AvgIpc) is 3.24. The topological polar surface area (TPSA) is 60.0 Å². The van der Waals surface area contributed by atoms with Crippen LogP contribution in [0.4, 0.5) is 5.00 Å². The van der Waals surface area contributed by atoms with Crippen LogP contribution in [-0.4, -0.2) is 26.3 Å². The molecule has 4 nitrogen and oxygen atoms in total. The SMILES string of the molecule is N#CC(C#N)=C(c1ccccc1)c1cc(-c2ccccc2)c(N2CCOCC2)s1. The third-order valence-corrected chi connectivity index (χ3v) is 6.09. The molecule has 0 amide bonds. The Morgan fingerprint density at radius 1 is 0.897 bits per heavy atom. The minimum Gasteiger partial charge on any atom is -0.378 e. The molecular weight excluding hydrogens is 378 g/mol. The van der Waals surface area contributed by atoms with E-state index in [4.69, 9.17) is 4.74 Å². The molecule has 0 bridgehead atoms. The van der Waals surface area contributed by atoms with Crippen molar-refractivity contribution in [2.75, 3.05) is 31.2 Å². The molecule has 1 aliphatic heterocycles. The van der Waals surface area contributed by atoms with E-state index < -0.39 is 0 Å². The van der Waals surface area contributed by atoms with Gasteiger partial charge in [0.1, 0.15) is 17.7 Å². The molecule has 5 heteroatoms. The Bertz CT molecular complexity index is 1080. The third-order valence-electron chi connectivity index (χ3n) is 4.88. The van der Waals surface area contributed by atoms with Crippen molar-refractivity contribution >= 4 is 21.9 Å². The highest BCUT2D eigenvalue weighted by Gasteiger charge is 2.22. The first-order valence-electron chi connectivity index (χ1n) is 9.44. The number of rotatable bonds is 4. The van der Waals surface area contributed by atoms with Gasteiger partial charge in [-0.2, -0.15) is 10.5 Å². The van der Waals surface area contributed by atoms with Crippen LogP contribution >= 0.6 is 11.3 Å². The van der Waals surface area contributed by atoms with Crippen molar-refractivity contribution in [3.8, 4) is 23.3 Å². The maximum atomic E-state index is 9.61. The summed E-state index contributed by atoms with van der Waals surface area (Å²) in [6.07, 6.45) is 0. The van der Waals surface area contributed by atoms with Gasteiger partial charge in [0.2, 0.25) is 0 Å². The summed E-state index contributed by atoms with van der Waals surface area (Å²) >= 11 is 1.63. The number of anilines is 1. The lowest BCUT2D eigenvalue weighted by atomic mass is 9.98. The van der Waals surface area contributed by atoms with Crippen molar-refractivity contribution in [2.24, 2.45) is 0 Å². The van der Waals surface area contributed by atoms with E-state index >= 15 is 0 Å². The number of nitriles is 2. The normalized spacial score (nSPS) is 13.4. The van der Waals surface area contributed by atoms with Crippen LogP contribution in [0.1, 0.15) is 10.4 Å².